The van der Waals surface area contributed by atoms with Crippen LogP contribution in [0.15, 0.2) is 72.8 Å². The van der Waals surface area contributed by atoms with Crippen molar-refractivity contribution in [2.24, 2.45) is 0 Å². The molecular formula is C32H27F2N3O7. The van der Waals surface area contributed by atoms with Gasteiger partial charge in [-0.1, -0.05) is 36.4 Å². The molecule has 0 spiro atoms. The standard InChI is InChI=1S/C32H27F2N3O7/c1-42-25-15-22(28(38)37-19-32(33,34)17-24(37)29(39)36-14-8-13-23(36)18-35)16-26(43-30(40)20-9-4-2-5-10-20)27(25)44-31(41)21-11-6-3-7-12-21/h2-7,9-12,15-16,23-24H,8,13-14,17,19H2,1H3/t23?,24-/m0/s1. The molecule has 12 heteroatoms. The first-order valence-corrected chi connectivity index (χ1v) is 13.8. The Morgan fingerprint density at radius 1 is 0.864 bits per heavy atom. The predicted octanol–water partition coefficient (Wildman–Crippen LogP) is 4.50. The summed E-state index contributed by atoms with van der Waals surface area (Å²) in [7, 11) is 1.22. The van der Waals surface area contributed by atoms with Crippen molar-refractivity contribution in [1.29, 1.82) is 5.26 Å². The first-order chi connectivity index (χ1) is 21.1. The number of ether oxygens (including phenoxy) is 3. The number of methoxy groups -OCH3 is 1. The van der Waals surface area contributed by atoms with Crippen LogP contribution >= 0.6 is 0 Å². The molecule has 0 saturated carbocycles. The van der Waals surface area contributed by atoms with Crippen molar-refractivity contribution in [2.45, 2.75) is 37.3 Å². The summed E-state index contributed by atoms with van der Waals surface area (Å²) in [4.78, 5) is 55.1. The summed E-state index contributed by atoms with van der Waals surface area (Å²) >= 11 is 0. The zero-order valence-corrected chi connectivity index (χ0v) is 23.6. The molecular weight excluding hydrogens is 576 g/mol. The Hall–Kier alpha value is -5.31. The maximum atomic E-state index is 14.7. The third-order valence-electron chi connectivity index (χ3n) is 7.40. The van der Waals surface area contributed by atoms with Crippen molar-refractivity contribution < 1.29 is 42.2 Å². The van der Waals surface area contributed by atoms with Gasteiger partial charge in [0.25, 0.3) is 11.8 Å². The van der Waals surface area contributed by atoms with Gasteiger partial charge in [0.1, 0.15) is 12.1 Å². The number of carbonyl (C=O) groups is 4. The minimum Gasteiger partial charge on any atom is -0.493 e. The molecule has 2 atom stereocenters. The first-order valence-electron chi connectivity index (χ1n) is 13.8. The molecule has 44 heavy (non-hydrogen) atoms. The van der Waals surface area contributed by atoms with Crippen LogP contribution in [0.2, 0.25) is 0 Å². The lowest BCUT2D eigenvalue weighted by atomic mass is 10.1. The average Bonchev–Trinajstić information content (AvgIpc) is 3.65. The van der Waals surface area contributed by atoms with Gasteiger partial charge in [0.15, 0.2) is 11.5 Å². The molecule has 0 aromatic heterocycles. The van der Waals surface area contributed by atoms with Gasteiger partial charge in [0, 0.05) is 18.5 Å². The van der Waals surface area contributed by atoms with E-state index in [9.17, 15) is 33.2 Å². The van der Waals surface area contributed by atoms with E-state index in [0.717, 1.165) is 17.0 Å². The Bertz CT molecular complexity index is 1630. The molecule has 2 fully saturated rings. The van der Waals surface area contributed by atoms with Gasteiger partial charge < -0.3 is 24.0 Å². The molecule has 226 valence electrons. The molecule has 2 aliphatic rings. The number of halogens is 2. The highest BCUT2D eigenvalue weighted by atomic mass is 19.3. The number of esters is 2. The number of likely N-dealkylation sites (tertiary alicyclic amines) is 2. The van der Waals surface area contributed by atoms with E-state index >= 15 is 0 Å². The normalized spacial score (nSPS) is 18.8. The molecule has 0 aliphatic carbocycles. The van der Waals surface area contributed by atoms with Gasteiger partial charge in [-0.25, -0.2) is 18.4 Å². The number of benzene rings is 3. The van der Waals surface area contributed by atoms with Crippen molar-refractivity contribution in [1.82, 2.24) is 9.80 Å². The third kappa shape index (κ3) is 6.22. The van der Waals surface area contributed by atoms with Crippen LogP contribution in [0.4, 0.5) is 8.78 Å². The van der Waals surface area contributed by atoms with Crippen LogP contribution in [0.25, 0.3) is 0 Å². The van der Waals surface area contributed by atoms with Crippen LogP contribution in [-0.4, -0.2) is 71.8 Å². The maximum absolute atomic E-state index is 14.7. The van der Waals surface area contributed by atoms with Gasteiger partial charge in [-0.3, -0.25) is 9.59 Å². The van der Waals surface area contributed by atoms with Crippen molar-refractivity contribution in [3.8, 4) is 23.3 Å². The Morgan fingerprint density at radius 2 is 1.45 bits per heavy atom. The summed E-state index contributed by atoms with van der Waals surface area (Å²) in [6.45, 7) is -0.824. The molecule has 10 nitrogen and oxygen atoms in total. The first kappa shape index (κ1) is 30.2. The van der Waals surface area contributed by atoms with Crippen LogP contribution < -0.4 is 14.2 Å². The summed E-state index contributed by atoms with van der Waals surface area (Å²) in [6.07, 6.45) is 0.0410. The number of nitrogens with zero attached hydrogens (tertiary/aromatic N) is 3. The highest BCUT2D eigenvalue weighted by molar-refractivity contribution is 6.00. The molecule has 1 unspecified atom stereocenters. The number of alkyl halides is 2. The van der Waals surface area contributed by atoms with Gasteiger partial charge in [0.05, 0.1) is 30.9 Å². The lowest BCUT2D eigenvalue weighted by Gasteiger charge is -2.29. The van der Waals surface area contributed by atoms with E-state index < -0.39 is 54.7 Å². The summed E-state index contributed by atoms with van der Waals surface area (Å²) in [5, 5.41) is 9.42. The zero-order valence-electron chi connectivity index (χ0n) is 23.6. The number of amides is 2. The molecule has 2 saturated heterocycles. The molecule has 2 heterocycles. The molecule has 0 bridgehead atoms. The second-order valence-corrected chi connectivity index (χ2v) is 10.3. The van der Waals surface area contributed by atoms with Crippen molar-refractivity contribution in [2.75, 3.05) is 20.2 Å². The molecule has 3 aromatic rings. The van der Waals surface area contributed by atoms with E-state index in [-0.39, 0.29) is 40.5 Å². The monoisotopic (exact) mass is 603 g/mol. The maximum Gasteiger partial charge on any atom is 0.343 e. The Kier molecular flexibility index (Phi) is 8.57. The van der Waals surface area contributed by atoms with Gasteiger partial charge >= 0.3 is 11.9 Å². The van der Waals surface area contributed by atoms with E-state index in [1.54, 1.807) is 36.4 Å². The summed E-state index contributed by atoms with van der Waals surface area (Å²) < 4.78 is 45.9. The van der Waals surface area contributed by atoms with Crippen molar-refractivity contribution >= 4 is 23.8 Å². The number of hydrogen-bond acceptors (Lipinski definition) is 8. The second-order valence-electron chi connectivity index (χ2n) is 10.3. The van der Waals surface area contributed by atoms with E-state index in [0.29, 0.717) is 12.8 Å². The van der Waals surface area contributed by atoms with Crippen LogP contribution in [0.3, 0.4) is 0 Å². The van der Waals surface area contributed by atoms with Gasteiger partial charge in [-0.2, -0.15) is 5.26 Å². The van der Waals surface area contributed by atoms with Crippen molar-refractivity contribution in [3.05, 3.63) is 89.5 Å². The van der Waals surface area contributed by atoms with E-state index in [1.807, 2.05) is 6.07 Å². The molecule has 3 aromatic carbocycles. The average molecular weight is 604 g/mol. The quantitative estimate of drug-likeness (QED) is 0.286. The van der Waals surface area contributed by atoms with Gasteiger partial charge in [-0.15, -0.1) is 0 Å². The topological polar surface area (TPSA) is 126 Å². The van der Waals surface area contributed by atoms with Gasteiger partial charge in [0.2, 0.25) is 11.7 Å². The SMILES string of the molecule is COc1cc(C(=O)N2CC(F)(F)C[C@H]2C(=O)N2CCCC2C#N)cc(OC(=O)c2ccccc2)c1OC(=O)c1ccccc1. The predicted molar refractivity (Wildman–Crippen MR) is 151 cm³/mol. The minimum absolute atomic E-state index is 0.144. The second kappa shape index (κ2) is 12.5. The molecule has 5 rings (SSSR count). The summed E-state index contributed by atoms with van der Waals surface area (Å²) in [5.41, 5.74) is 0.0605. The molecule has 2 aliphatic heterocycles. The zero-order chi connectivity index (χ0) is 31.4. The fourth-order valence-corrected chi connectivity index (χ4v) is 5.26. The minimum atomic E-state index is -3.37. The number of hydrogen-bond donors (Lipinski definition) is 0. The van der Waals surface area contributed by atoms with E-state index in [1.165, 1.54) is 36.3 Å². The Morgan fingerprint density at radius 3 is 2.05 bits per heavy atom. The smallest absolute Gasteiger partial charge is 0.343 e. The summed E-state index contributed by atoms with van der Waals surface area (Å²) in [5.74, 6) is -7.65. The number of nitriles is 1. The fraction of sp³-hybridized carbons (Fsp3) is 0.281. The highest BCUT2D eigenvalue weighted by Gasteiger charge is 2.52. The molecule has 2 amide bonds. The van der Waals surface area contributed by atoms with Crippen molar-refractivity contribution in [3.63, 3.8) is 0 Å². The lowest BCUT2D eigenvalue weighted by Crippen LogP contribution is -2.49. The number of rotatable bonds is 7. The Balaban J connectivity index is 1.53. The molecule has 0 radical (unpaired) electrons. The van der Waals surface area contributed by atoms with Gasteiger partial charge in [-0.05, 0) is 49.2 Å². The van der Waals surface area contributed by atoms with E-state index in [4.69, 9.17) is 14.2 Å². The van der Waals surface area contributed by atoms with E-state index in [2.05, 4.69) is 0 Å². The van der Waals surface area contributed by atoms with Crippen LogP contribution in [-0.2, 0) is 4.79 Å². The lowest BCUT2D eigenvalue weighted by molar-refractivity contribution is -0.135. The third-order valence-corrected chi connectivity index (χ3v) is 7.40. The highest BCUT2D eigenvalue weighted by Crippen LogP contribution is 2.42. The van der Waals surface area contributed by atoms with Crippen LogP contribution in [0.5, 0.6) is 17.2 Å². The Labute approximate surface area is 251 Å². The number of carbonyl (C=O) groups excluding carboxylic acids is 4. The van der Waals surface area contributed by atoms with Crippen LogP contribution in [0.1, 0.15) is 50.3 Å². The summed E-state index contributed by atoms with van der Waals surface area (Å²) in [6, 6.07) is 17.8. The fourth-order valence-electron chi connectivity index (χ4n) is 5.26. The largest absolute Gasteiger partial charge is 0.493 e. The molecule has 0 N–H and O–H groups in total. The van der Waals surface area contributed by atoms with Crippen LogP contribution in [0, 0.1) is 11.3 Å².